The minimum Gasteiger partial charge on any atom is -0.366 e. The van der Waals surface area contributed by atoms with Crippen molar-refractivity contribution in [1.82, 2.24) is 5.32 Å². The third-order valence-electron chi connectivity index (χ3n) is 5.95. The summed E-state index contributed by atoms with van der Waals surface area (Å²) in [5, 5.41) is 3.81. The van der Waals surface area contributed by atoms with E-state index in [-0.39, 0.29) is 5.92 Å². The number of carbonyl (C=O) groups is 1. The molecule has 3 nitrogen and oxygen atoms in total. The summed E-state index contributed by atoms with van der Waals surface area (Å²) in [7, 11) is 0. The van der Waals surface area contributed by atoms with Gasteiger partial charge in [-0.15, -0.1) is 11.3 Å². The molecule has 0 aliphatic heterocycles. The van der Waals surface area contributed by atoms with Crippen LogP contribution in [-0.2, 0) is 0 Å². The number of thiophene rings is 1. The fourth-order valence-electron chi connectivity index (χ4n) is 4.33. The van der Waals surface area contributed by atoms with E-state index in [0.29, 0.717) is 15.9 Å². The van der Waals surface area contributed by atoms with Gasteiger partial charge >= 0.3 is 0 Å². The first-order valence-corrected chi connectivity index (χ1v) is 11.8. The lowest BCUT2D eigenvalue weighted by Gasteiger charge is -2.26. The molecule has 2 aromatic carbocycles. The van der Waals surface area contributed by atoms with Crippen LogP contribution in [0.3, 0.4) is 0 Å². The molecular formula is C25H27ClN2OS. The Hall–Kier alpha value is -2.14. The van der Waals surface area contributed by atoms with E-state index in [4.69, 9.17) is 17.3 Å². The summed E-state index contributed by atoms with van der Waals surface area (Å²) < 4.78 is 0.692. The standard InChI is InChI=1S/C25H27ClN2OS/c26-24-21(19-13-7-8-14-20(19)25(27)29)15-23(30-24)22(17-9-3-1-4-10-17)16-28-18-11-5-2-6-12-18/h1,3-4,7-10,13-15,18,22,28H,2,5-6,11-12,16H2,(H2,27,29). The van der Waals surface area contributed by atoms with Crippen LogP contribution in [-0.4, -0.2) is 18.5 Å². The van der Waals surface area contributed by atoms with E-state index >= 15 is 0 Å². The highest BCUT2D eigenvalue weighted by atomic mass is 35.5. The Morgan fingerprint density at radius 2 is 1.73 bits per heavy atom. The van der Waals surface area contributed by atoms with Gasteiger partial charge in [0, 0.05) is 34.5 Å². The molecule has 1 aromatic heterocycles. The van der Waals surface area contributed by atoms with Gasteiger partial charge in [0.15, 0.2) is 0 Å². The lowest BCUT2D eigenvalue weighted by molar-refractivity contribution is 0.100. The molecule has 0 bridgehead atoms. The summed E-state index contributed by atoms with van der Waals surface area (Å²) in [5.41, 5.74) is 9.05. The largest absolute Gasteiger partial charge is 0.366 e. The molecule has 3 aromatic rings. The Bertz CT molecular complexity index is 995. The first kappa shape index (κ1) is 21.1. The van der Waals surface area contributed by atoms with Gasteiger partial charge in [-0.05, 0) is 36.1 Å². The van der Waals surface area contributed by atoms with Crippen molar-refractivity contribution in [3.05, 3.63) is 81.0 Å². The van der Waals surface area contributed by atoms with Crippen LogP contribution in [0, 0.1) is 0 Å². The zero-order valence-electron chi connectivity index (χ0n) is 16.9. The van der Waals surface area contributed by atoms with Crippen molar-refractivity contribution >= 4 is 28.8 Å². The number of carbonyl (C=O) groups excluding carboxylic acids is 1. The zero-order valence-corrected chi connectivity index (χ0v) is 18.5. The molecule has 1 fully saturated rings. The average molecular weight is 439 g/mol. The molecule has 1 aliphatic carbocycles. The van der Waals surface area contributed by atoms with Crippen LogP contribution in [0.25, 0.3) is 11.1 Å². The number of halogens is 1. The highest BCUT2D eigenvalue weighted by Gasteiger charge is 2.23. The third-order valence-corrected chi connectivity index (χ3v) is 7.42. The fraction of sp³-hybridized carbons (Fsp3) is 0.320. The Labute approximate surface area is 187 Å². The van der Waals surface area contributed by atoms with E-state index in [0.717, 1.165) is 17.7 Å². The topological polar surface area (TPSA) is 55.1 Å². The van der Waals surface area contributed by atoms with Gasteiger partial charge in [0.05, 0.1) is 0 Å². The predicted molar refractivity (Wildman–Crippen MR) is 126 cm³/mol. The molecule has 1 heterocycles. The van der Waals surface area contributed by atoms with Gasteiger partial charge < -0.3 is 11.1 Å². The normalized spacial score (nSPS) is 15.8. The number of rotatable bonds is 7. The van der Waals surface area contributed by atoms with Gasteiger partial charge in [-0.2, -0.15) is 0 Å². The number of primary amides is 1. The van der Waals surface area contributed by atoms with Crippen molar-refractivity contribution in [1.29, 1.82) is 0 Å². The first-order valence-electron chi connectivity index (χ1n) is 10.6. The lowest BCUT2D eigenvalue weighted by Crippen LogP contribution is -2.34. The van der Waals surface area contributed by atoms with Gasteiger partial charge in [0.25, 0.3) is 0 Å². The maximum Gasteiger partial charge on any atom is 0.249 e. The minimum atomic E-state index is -0.437. The fourth-order valence-corrected chi connectivity index (χ4v) is 5.78. The van der Waals surface area contributed by atoms with E-state index in [2.05, 4.69) is 35.6 Å². The molecule has 0 spiro atoms. The van der Waals surface area contributed by atoms with Crippen LogP contribution >= 0.6 is 22.9 Å². The number of hydrogen-bond acceptors (Lipinski definition) is 3. The summed E-state index contributed by atoms with van der Waals surface area (Å²) in [6.45, 7) is 0.877. The van der Waals surface area contributed by atoms with Crippen molar-refractivity contribution in [2.45, 2.75) is 44.1 Å². The second kappa shape index (κ2) is 9.78. The van der Waals surface area contributed by atoms with Crippen molar-refractivity contribution in [2.24, 2.45) is 5.73 Å². The average Bonchev–Trinajstić information content (AvgIpc) is 3.16. The molecular weight excluding hydrogens is 412 g/mol. The van der Waals surface area contributed by atoms with Crippen LogP contribution in [0.5, 0.6) is 0 Å². The Morgan fingerprint density at radius 3 is 2.47 bits per heavy atom. The van der Waals surface area contributed by atoms with Crippen LogP contribution in [0.2, 0.25) is 4.34 Å². The summed E-state index contributed by atoms with van der Waals surface area (Å²) in [4.78, 5) is 13.1. The number of nitrogens with one attached hydrogen (secondary N) is 1. The summed E-state index contributed by atoms with van der Waals surface area (Å²) in [5.74, 6) is -0.224. The Balaban J connectivity index is 1.66. The van der Waals surface area contributed by atoms with Gasteiger partial charge in [-0.1, -0.05) is 79.4 Å². The molecule has 1 unspecified atom stereocenters. The number of amides is 1. The molecule has 1 amide bonds. The van der Waals surface area contributed by atoms with Gasteiger partial charge in [-0.25, -0.2) is 0 Å². The quantitative estimate of drug-likeness (QED) is 0.460. The van der Waals surface area contributed by atoms with Gasteiger partial charge in [0.1, 0.15) is 4.34 Å². The van der Waals surface area contributed by atoms with E-state index < -0.39 is 5.91 Å². The molecule has 1 saturated carbocycles. The number of nitrogens with two attached hydrogens (primary N) is 1. The van der Waals surface area contributed by atoms with E-state index in [1.807, 2.05) is 24.3 Å². The van der Waals surface area contributed by atoms with Crippen LogP contribution in [0.4, 0.5) is 0 Å². The zero-order chi connectivity index (χ0) is 20.9. The van der Waals surface area contributed by atoms with Crippen molar-refractivity contribution < 1.29 is 4.79 Å². The van der Waals surface area contributed by atoms with Crippen LogP contribution in [0.15, 0.2) is 60.7 Å². The van der Waals surface area contributed by atoms with Crippen LogP contribution < -0.4 is 11.1 Å². The SMILES string of the molecule is NC(=O)c1ccccc1-c1cc(C(CNC2CCCCC2)c2ccccc2)sc1Cl. The summed E-state index contributed by atoms with van der Waals surface area (Å²) in [6, 6.07) is 20.7. The van der Waals surface area contributed by atoms with Gasteiger partial charge in [-0.3, -0.25) is 4.79 Å². The predicted octanol–water partition coefficient (Wildman–Crippen LogP) is 6.22. The molecule has 1 atom stereocenters. The van der Waals surface area contributed by atoms with Gasteiger partial charge in [0.2, 0.25) is 5.91 Å². The van der Waals surface area contributed by atoms with E-state index in [1.54, 1.807) is 17.4 Å². The lowest BCUT2D eigenvalue weighted by atomic mass is 9.92. The maximum atomic E-state index is 11.9. The van der Waals surface area contributed by atoms with Crippen molar-refractivity contribution in [3.63, 3.8) is 0 Å². The van der Waals surface area contributed by atoms with E-state index in [1.165, 1.54) is 42.5 Å². The number of benzene rings is 2. The molecule has 3 N–H and O–H groups in total. The molecule has 156 valence electrons. The molecule has 0 saturated heterocycles. The Kier molecular flexibility index (Phi) is 6.88. The second-order valence-electron chi connectivity index (χ2n) is 7.95. The van der Waals surface area contributed by atoms with E-state index in [9.17, 15) is 4.79 Å². The smallest absolute Gasteiger partial charge is 0.249 e. The third kappa shape index (κ3) is 4.77. The first-order chi connectivity index (χ1) is 14.6. The number of hydrogen-bond donors (Lipinski definition) is 2. The summed E-state index contributed by atoms with van der Waals surface area (Å²) >= 11 is 8.27. The molecule has 4 rings (SSSR count). The van der Waals surface area contributed by atoms with Crippen molar-refractivity contribution in [3.8, 4) is 11.1 Å². The van der Waals surface area contributed by atoms with Crippen molar-refractivity contribution in [2.75, 3.05) is 6.54 Å². The maximum absolute atomic E-state index is 11.9. The molecule has 1 aliphatic rings. The Morgan fingerprint density at radius 1 is 1.03 bits per heavy atom. The minimum absolute atomic E-state index is 0.213. The molecule has 0 radical (unpaired) electrons. The summed E-state index contributed by atoms with van der Waals surface area (Å²) in [6.07, 6.45) is 6.48. The molecule has 5 heteroatoms. The molecule has 30 heavy (non-hydrogen) atoms. The highest BCUT2D eigenvalue weighted by molar-refractivity contribution is 7.17. The second-order valence-corrected chi connectivity index (χ2v) is 9.64. The van der Waals surface area contributed by atoms with Crippen LogP contribution in [0.1, 0.15) is 58.8 Å². The monoisotopic (exact) mass is 438 g/mol. The highest BCUT2D eigenvalue weighted by Crippen LogP contribution is 2.41.